The molecule has 0 radical (unpaired) electrons. The summed E-state index contributed by atoms with van der Waals surface area (Å²) in [5, 5.41) is 2.90. The number of carbonyl (C=O) groups excluding carboxylic acids is 1. The van der Waals surface area contributed by atoms with Gasteiger partial charge in [0.05, 0.1) is 25.1 Å². The molecule has 0 aliphatic carbocycles. The molecular formula is C17H26N4O3. The zero-order chi connectivity index (χ0) is 16.8. The van der Waals surface area contributed by atoms with Gasteiger partial charge in [-0.15, -0.1) is 0 Å². The predicted octanol–water partition coefficient (Wildman–Crippen LogP) is 1.67. The largest absolute Gasteiger partial charge is 0.478 e. The van der Waals surface area contributed by atoms with Crippen molar-refractivity contribution >= 4 is 11.7 Å². The van der Waals surface area contributed by atoms with Gasteiger partial charge in [-0.25, -0.2) is 9.78 Å². The molecule has 0 saturated carbocycles. The molecule has 3 heterocycles. The number of urea groups is 1. The number of pyridine rings is 1. The van der Waals surface area contributed by atoms with E-state index in [9.17, 15) is 4.79 Å². The minimum absolute atomic E-state index is 0.0650. The topological polar surface area (TPSA) is 66.9 Å². The average molecular weight is 334 g/mol. The third kappa shape index (κ3) is 4.58. The maximum absolute atomic E-state index is 12.3. The van der Waals surface area contributed by atoms with E-state index < -0.39 is 0 Å². The number of amides is 2. The van der Waals surface area contributed by atoms with Gasteiger partial charge in [0.25, 0.3) is 0 Å². The van der Waals surface area contributed by atoms with E-state index in [-0.39, 0.29) is 6.03 Å². The number of carbonyl (C=O) groups is 1. The molecule has 0 aromatic carbocycles. The molecule has 1 N–H and O–H groups in total. The van der Waals surface area contributed by atoms with Crippen LogP contribution in [-0.4, -0.2) is 73.4 Å². The highest BCUT2D eigenvalue weighted by atomic mass is 16.5. The van der Waals surface area contributed by atoms with Gasteiger partial charge in [-0.1, -0.05) is 0 Å². The summed E-state index contributed by atoms with van der Waals surface area (Å²) in [6.45, 7) is 8.70. The number of nitrogens with one attached hydrogen (secondary N) is 1. The summed E-state index contributed by atoms with van der Waals surface area (Å²) in [7, 11) is 0. The number of aromatic nitrogens is 1. The maximum atomic E-state index is 12.3. The Morgan fingerprint density at radius 2 is 2.21 bits per heavy atom. The lowest BCUT2D eigenvalue weighted by Gasteiger charge is -2.35. The molecule has 24 heavy (non-hydrogen) atoms. The first-order valence-corrected chi connectivity index (χ1v) is 8.69. The maximum Gasteiger partial charge on any atom is 0.321 e. The summed E-state index contributed by atoms with van der Waals surface area (Å²) >= 11 is 0. The molecule has 7 heteroatoms. The van der Waals surface area contributed by atoms with E-state index in [1.807, 2.05) is 17.9 Å². The lowest BCUT2D eigenvalue weighted by Crippen LogP contribution is -2.51. The standard InChI is InChI=1S/C17H26N4O3/c1-2-24-16-4-3-15(11-18-16)19-17(22)21-8-6-20(7-9-21)12-14-5-10-23-13-14/h3-4,11,14H,2,5-10,12-13H2,1H3,(H,19,22). The normalized spacial score (nSPS) is 21.7. The Balaban J connectivity index is 1.42. The fourth-order valence-corrected chi connectivity index (χ4v) is 3.12. The van der Waals surface area contributed by atoms with Crippen LogP contribution in [0.1, 0.15) is 13.3 Å². The molecule has 2 saturated heterocycles. The second kappa shape index (κ2) is 8.30. The Morgan fingerprint density at radius 1 is 1.38 bits per heavy atom. The van der Waals surface area contributed by atoms with Crippen molar-refractivity contribution in [2.75, 3.05) is 57.9 Å². The summed E-state index contributed by atoms with van der Waals surface area (Å²) in [5.74, 6) is 1.22. The third-order valence-corrected chi connectivity index (χ3v) is 4.48. The van der Waals surface area contributed by atoms with E-state index >= 15 is 0 Å². The molecule has 0 spiro atoms. The average Bonchev–Trinajstić information content (AvgIpc) is 3.10. The molecule has 1 unspecified atom stereocenters. The lowest BCUT2D eigenvalue weighted by atomic mass is 10.1. The van der Waals surface area contributed by atoms with Crippen molar-refractivity contribution in [1.29, 1.82) is 0 Å². The van der Waals surface area contributed by atoms with Crippen molar-refractivity contribution < 1.29 is 14.3 Å². The predicted molar refractivity (Wildman–Crippen MR) is 91.4 cm³/mol. The fourth-order valence-electron chi connectivity index (χ4n) is 3.12. The molecule has 132 valence electrons. The Labute approximate surface area is 142 Å². The van der Waals surface area contributed by atoms with Crippen molar-refractivity contribution in [3.63, 3.8) is 0 Å². The number of piperazine rings is 1. The van der Waals surface area contributed by atoms with E-state index in [2.05, 4.69) is 15.2 Å². The van der Waals surface area contributed by atoms with Crippen LogP contribution in [0.4, 0.5) is 10.5 Å². The second-order valence-corrected chi connectivity index (χ2v) is 6.27. The van der Waals surface area contributed by atoms with Crippen LogP contribution in [0.3, 0.4) is 0 Å². The van der Waals surface area contributed by atoms with Gasteiger partial charge < -0.3 is 19.7 Å². The van der Waals surface area contributed by atoms with Gasteiger partial charge in [0, 0.05) is 45.4 Å². The van der Waals surface area contributed by atoms with E-state index in [1.54, 1.807) is 12.3 Å². The zero-order valence-electron chi connectivity index (χ0n) is 14.2. The molecule has 2 aliphatic heterocycles. The van der Waals surface area contributed by atoms with Crippen LogP contribution < -0.4 is 10.1 Å². The molecule has 7 nitrogen and oxygen atoms in total. The number of hydrogen-bond acceptors (Lipinski definition) is 5. The Morgan fingerprint density at radius 3 is 2.83 bits per heavy atom. The SMILES string of the molecule is CCOc1ccc(NC(=O)N2CCN(CC3CCOC3)CC2)cn1. The van der Waals surface area contributed by atoms with E-state index in [4.69, 9.17) is 9.47 Å². The van der Waals surface area contributed by atoms with Crippen LogP contribution in [-0.2, 0) is 4.74 Å². The fraction of sp³-hybridized carbons (Fsp3) is 0.647. The molecule has 2 aliphatic rings. The monoisotopic (exact) mass is 334 g/mol. The van der Waals surface area contributed by atoms with Gasteiger partial charge in [0.2, 0.25) is 5.88 Å². The minimum Gasteiger partial charge on any atom is -0.478 e. The van der Waals surface area contributed by atoms with Crippen molar-refractivity contribution in [2.24, 2.45) is 5.92 Å². The van der Waals surface area contributed by atoms with Crippen molar-refractivity contribution in [2.45, 2.75) is 13.3 Å². The second-order valence-electron chi connectivity index (χ2n) is 6.27. The molecule has 1 aromatic rings. The van der Waals surface area contributed by atoms with Crippen LogP contribution in [0.5, 0.6) is 5.88 Å². The molecule has 3 rings (SSSR count). The Kier molecular flexibility index (Phi) is 5.87. The molecule has 0 bridgehead atoms. The van der Waals surface area contributed by atoms with E-state index in [0.29, 0.717) is 24.1 Å². The first-order chi connectivity index (χ1) is 11.7. The summed E-state index contributed by atoms with van der Waals surface area (Å²) in [4.78, 5) is 20.8. The van der Waals surface area contributed by atoms with Crippen LogP contribution in [0.2, 0.25) is 0 Å². The molecule has 2 amide bonds. The Hall–Kier alpha value is -1.86. The van der Waals surface area contributed by atoms with Crippen LogP contribution in [0, 0.1) is 5.92 Å². The van der Waals surface area contributed by atoms with Gasteiger partial charge in [0.15, 0.2) is 0 Å². The van der Waals surface area contributed by atoms with Gasteiger partial charge in [0.1, 0.15) is 0 Å². The number of hydrogen-bond donors (Lipinski definition) is 1. The molecule has 1 aromatic heterocycles. The van der Waals surface area contributed by atoms with Gasteiger partial charge in [-0.3, -0.25) is 4.90 Å². The van der Waals surface area contributed by atoms with Crippen LogP contribution >= 0.6 is 0 Å². The zero-order valence-corrected chi connectivity index (χ0v) is 14.2. The quantitative estimate of drug-likeness (QED) is 0.887. The molecular weight excluding hydrogens is 308 g/mol. The van der Waals surface area contributed by atoms with Crippen LogP contribution in [0.25, 0.3) is 0 Å². The molecule has 2 fully saturated rings. The highest BCUT2D eigenvalue weighted by Crippen LogP contribution is 2.16. The highest BCUT2D eigenvalue weighted by Gasteiger charge is 2.24. The van der Waals surface area contributed by atoms with Gasteiger partial charge in [-0.2, -0.15) is 0 Å². The number of anilines is 1. The summed E-state index contributed by atoms with van der Waals surface area (Å²) in [5.41, 5.74) is 0.689. The van der Waals surface area contributed by atoms with E-state index in [1.165, 1.54) is 0 Å². The third-order valence-electron chi connectivity index (χ3n) is 4.48. The number of ether oxygens (including phenoxy) is 2. The van der Waals surface area contributed by atoms with Crippen LogP contribution in [0.15, 0.2) is 18.3 Å². The van der Waals surface area contributed by atoms with Gasteiger partial charge in [-0.05, 0) is 25.3 Å². The van der Waals surface area contributed by atoms with Crippen molar-refractivity contribution in [1.82, 2.24) is 14.8 Å². The summed E-state index contributed by atoms with van der Waals surface area (Å²) < 4.78 is 10.7. The summed E-state index contributed by atoms with van der Waals surface area (Å²) in [6, 6.07) is 3.51. The van der Waals surface area contributed by atoms with E-state index in [0.717, 1.165) is 52.4 Å². The summed E-state index contributed by atoms with van der Waals surface area (Å²) in [6.07, 6.45) is 2.78. The smallest absolute Gasteiger partial charge is 0.321 e. The molecule has 1 atom stereocenters. The van der Waals surface area contributed by atoms with Gasteiger partial charge >= 0.3 is 6.03 Å². The first-order valence-electron chi connectivity index (χ1n) is 8.69. The van der Waals surface area contributed by atoms with Crippen molar-refractivity contribution in [3.8, 4) is 5.88 Å². The highest BCUT2D eigenvalue weighted by molar-refractivity contribution is 5.89. The number of nitrogens with zero attached hydrogens (tertiary/aromatic N) is 3. The first kappa shape index (κ1) is 17.0. The Bertz CT molecular complexity index is 523. The number of rotatable bonds is 5. The minimum atomic E-state index is -0.0650. The van der Waals surface area contributed by atoms with Crippen molar-refractivity contribution in [3.05, 3.63) is 18.3 Å². The lowest BCUT2D eigenvalue weighted by molar-refractivity contribution is 0.124.